The van der Waals surface area contributed by atoms with E-state index < -0.39 is 0 Å². The Morgan fingerprint density at radius 3 is 2.60 bits per heavy atom. The van der Waals surface area contributed by atoms with Crippen molar-refractivity contribution in [2.45, 2.75) is 6.92 Å². The molecule has 0 aromatic heterocycles. The predicted octanol–water partition coefficient (Wildman–Crippen LogP) is 4.26. The van der Waals surface area contributed by atoms with Gasteiger partial charge >= 0.3 is 0 Å². The van der Waals surface area contributed by atoms with E-state index in [1.807, 2.05) is 29.2 Å². The normalized spacial score (nSPS) is 13.8. The third kappa shape index (κ3) is 3.48. The molecule has 0 bridgehead atoms. The highest BCUT2D eigenvalue weighted by Crippen LogP contribution is 2.34. The van der Waals surface area contributed by atoms with Crippen molar-refractivity contribution in [1.29, 1.82) is 0 Å². The first kappa shape index (κ1) is 17.3. The number of benzene rings is 1. The van der Waals surface area contributed by atoms with Crippen molar-refractivity contribution in [2.75, 3.05) is 31.1 Å². The number of rotatable bonds is 4. The van der Waals surface area contributed by atoms with E-state index >= 15 is 0 Å². The monoisotopic (exact) mass is 377 g/mol. The first-order valence-corrected chi connectivity index (χ1v) is 7.06. The molecule has 6 heteroatoms. The van der Waals surface area contributed by atoms with Crippen LogP contribution in [0, 0.1) is 0 Å². The predicted molar refractivity (Wildman–Crippen MR) is 93.9 cm³/mol. The fourth-order valence-corrected chi connectivity index (χ4v) is 2.78. The van der Waals surface area contributed by atoms with Crippen molar-refractivity contribution in [1.82, 2.24) is 4.90 Å². The second-order valence-electron chi connectivity index (χ2n) is 4.23. The highest BCUT2D eigenvalue weighted by atomic mass is 79.9. The van der Waals surface area contributed by atoms with Crippen LogP contribution in [0.2, 0.25) is 10.0 Å². The second kappa shape index (κ2) is 7.91. The van der Waals surface area contributed by atoms with Crippen LogP contribution in [-0.2, 0) is 0 Å². The third-order valence-corrected chi connectivity index (χ3v) is 3.66. The van der Waals surface area contributed by atoms with Crippen molar-refractivity contribution in [3.63, 3.8) is 0 Å². The van der Waals surface area contributed by atoms with Gasteiger partial charge in [0.15, 0.2) is 0 Å². The van der Waals surface area contributed by atoms with Gasteiger partial charge in [-0.15, -0.1) is 23.6 Å². The van der Waals surface area contributed by atoms with Gasteiger partial charge in [-0.25, -0.2) is 0 Å². The lowest BCUT2D eigenvalue weighted by Crippen LogP contribution is -2.42. The molecule has 0 saturated heterocycles. The minimum Gasteiger partial charge on any atom is -0.341 e. The number of guanidine groups is 1. The molecule has 0 aliphatic carbocycles. The highest BCUT2D eigenvalue weighted by Gasteiger charge is 2.25. The Kier molecular flexibility index (Phi) is 6.86. The molecule has 0 spiro atoms. The van der Waals surface area contributed by atoms with Gasteiger partial charge in [0.05, 0.1) is 22.3 Å². The lowest BCUT2D eigenvalue weighted by atomic mass is 10.3. The number of likely N-dealkylation sites (N-methyl/N-ethyl adjacent to an activating group) is 1. The second-order valence-corrected chi connectivity index (χ2v) is 5.05. The van der Waals surface area contributed by atoms with Crippen LogP contribution >= 0.6 is 40.2 Å². The van der Waals surface area contributed by atoms with Crippen molar-refractivity contribution in [3.8, 4) is 0 Å². The number of hydrogen-bond acceptors (Lipinski definition) is 3. The van der Waals surface area contributed by atoms with Crippen LogP contribution in [0.25, 0.3) is 0 Å². The zero-order chi connectivity index (χ0) is 13.8. The van der Waals surface area contributed by atoms with E-state index in [1.165, 1.54) is 0 Å². The standard InChI is InChI=1S/C14H17Cl2N3.BrH/c1-3-9-19(14-17-8-10-18(14)4-2)13-11(15)6-5-7-12(13)16;/h3,5-7H,1,4,8-10H2,2H3;1H. The Hall–Kier alpha value is -0.710. The van der Waals surface area contributed by atoms with E-state index in [2.05, 4.69) is 23.4 Å². The largest absolute Gasteiger partial charge is 0.341 e. The van der Waals surface area contributed by atoms with Gasteiger partial charge in [0.1, 0.15) is 0 Å². The van der Waals surface area contributed by atoms with Crippen LogP contribution in [-0.4, -0.2) is 37.0 Å². The Balaban J connectivity index is 0.00000200. The molecule has 0 unspecified atom stereocenters. The van der Waals surface area contributed by atoms with Gasteiger partial charge in [-0.05, 0) is 19.1 Å². The summed E-state index contributed by atoms with van der Waals surface area (Å²) in [6.45, 7) is 9.19. The number of anilines is 1. The number of nitrogens with zero attached hydrogens (tertiary/aromatic N) is 3. The van der Waals surface area contributed by atoms with Crippen LogP contribution < -0.4 is 4.90 Å². The van der Waals surface area contributed by atoms with Crippen molar-refractivity contribution in [2.24, 2.45) is 4.99 Å². The first-order chi connectivity index (χ1) is 9.19. The molecule has 20 heavy (non-hydrogen) atoms. The molecule has 2 rings (SSSR count). The maximum atomic E-state index is 6.30. The Morgan fingerprint density at radius 2 is 2.05 bits per heavy atom. The van der Waals surface area contributed by atoms with Crippen molar-refractivity contribution >= 4 is 51.8 Å². The summed E-state index contributed by atoms with van der Waals surface area (Å²) in [5.41, 5.74) is 0.796. The van der Waals surface area contributed by atoms with Crippen molar-refractivity contribution < 1.29 is 0 Å². The lowest BCUT2D eigenvalue weighted by molar-refractivity contribution is 0.475. The Morgan fingerprint density at radius 1 is 1.40 bits per heavy atom. The van der Waals surface area contributed by atoms with Crippen LogP contribution in [0.5, 0.6) is 0 Å². The van der Waals surface area contributed by atoms with Crippen LogP contribution in [0.15, 0.2) is 35.8 Å². The molecule has 1 aromatic carbocycles. The summed E-state index contributed by atoms with van der Waals surface area (Å²) < 4.78 is 0. The number of halogens is 3. The number of para-hydroxylation sites is 1. The van der Waals surface area contributed by atoms with E-state index in [9.17, 15) is 0 Å². The summed E-state index contributed by atoms with van der Waals surface area (Å²) in [6, 6.07) is 5.52. The van der Waals surface area contributed by atoms with E-state index in [1.54, 1.807) is 0 Å². The zero-order valence-electron chi connectivity index (χ0n) is 11.4. The minimum atomic E-state index is 0. The van der Waals surface area contributed by atoms with Gasteiger partial charge in [-0.1, -0.05) is 35.3 Å². The van der Waals surface area contributed by atoms with Crippen LogP contribution in [0.3, 0.4) is 0 Å². The van der Waals surface area contributed by atoms with Gasteiger partial charge in [0.2, 0.25) is 5.96 Å². The van der Waals surface area contributed by atoms with Crippen LogP contribution in [0.1, 0.15) is 6.92 Å². The smallest absolute Gasteiger partial charge is 0.201 e. The summed E-state index contributed by atoms with van der Waals surface area (Å²) in [4.78, 5) is 8.80. The molecule has 0 radical (unpaired) electrons. The fourth-order valence-electron chi connectivity index (χ4n) is 2.18. The summed E-state index contributed by atoms with van der Waals surface area (Å²) in [5.74, 6) is 0.914. The molecule has 0 N–H and O–H groups in total. The van der Waals surface area contributed by atoms with E-state index in [0.29, 0.717) is 16.6 Å². The molecule has 1 aliphatic heterocycles. The average molecular weight is 379 g/mol. The summed E-state index contributed by atoms with van der Waals surface area (Å²) >= 11 is 12.6. The third-order valence-electron chi connectivity index (χ3n) is 3.05. The molecule has 0 fully saturated rings. The van der Waals surface area contributed by atoms with E-state index in [-0.39, 0.29) is 17.0 Å². The minimum absolute atomic E-state index is 0. The molecular formula is C14H18BrCl2N3. The quantitative estimate of drug-likeness (QED) is 0.729. The highest BCUT2D eigenvalue weighted by molar-refractivity contribution is 8.93. The Bertz CT molecular complexity index is 485. The molecule has 1 heterocycles. The molecule has 3 nitrogen and oxygen atoms in total. The molecule has 1 aliphatic rings. The van der Waals surface area contributed by atoms with E-state index in [0.717, 1.165) is 31.3 Å². The van der Waals surface area contributed by atoms with Gasteiger partial charge in [-0.2, -0.15) is 0 Å². The Labute approximate surface area is 140 Å². The molecule has 0 amide bonds. The summed E-state index contributed by atoms with van der Waals surface area (Å²) in [5, 5.41) is 1.25. The SMILES string of the molecule is Br.C=CCN(C1=NCCN1CC)c1c(Cl)cccc1Cl. The van der Waals surface area contributed by atoms with Gasteiger partial charge in [0.25, 0.3) is 0 Å². The van der Waals surface area contributed by atoms with Gasteiger partial charge in [0, 0.05) is 19.6 Å². The summed E-state index contributed by atoms with van der Waals surface area (Å²) in [6.07, 6.45) is 1.83. The molecule has 0 atom stereocenters. The number of aliphatic imine (C=N–C) groups is 1. The average Bonchev–Trinajstić information content (AvgIpc) is 2.85. The number of hydrogen-bond donors (Lipinski definition) is 0. The van der Waals surface area contributed by atoms with Crippen molar-refractivity contribution in [3.05, 3.63) is 40.9 Å². The first-order valence-electron chi connectivity index (χ1n) is 6.30. The maximum absolute atomic E-state index is 6.30. The zero-order valence-corrected chi connectivity index (χ0v) is 14.6. The van der Waals surface area contributed by atoms with Gasteiger partial charge in [-0.3, -0.25) is 4.99 Å². The van der Waals surface area contributed by atoms with E-state index in [4.69, 9.17) is 23.2 Å². The summed E-state index contributed by atoms with van der Waals surface area (Å²) in [7, 11) is 0. The maximum Gasteiger partial charge on any atom is 0.201 e. The molecule has 110 valence electrons. The molecule has 1 aromatic rings. The topological polar surface area (TPSA) is 18.8 Å². The molecule has 0 saturated carbocycles. The van der Waals surface area contributed by atoms with Gasteiger partial charge < -0.3 is 9.80 Å². The molecular weight excluding hydrogens is 361 g/mol. The fraction of sp³-hybridized carbons (Fsp3) is 0.357. The van der Waals surface area contributed by atoms with Crippen LogP contribution in [0.4, 0.5) is 5.69 Å². The lowest BCUT2D eigenvalue weighted by Gasteiger charge is -2.30.